The molecule has 2 N–H and O–H groups in total. The molecule has 11 heteroatoms. The Balaban J connectivity index is 0.00000156. The molecule has 2 rings (SSSR count). The first kappa shape index (κ1) is 42.8. The highest BCUT2D eigenvalue weighted by molar-refractivity contribution is 5.87. The van der Waals surface area contributed by atoms with Crippen molar-refractivity contribution in [1.29, 1.82) is 0 Å². The van der Waals surface area contributed by atoms with E-state index >= 15 is 0 Å². The minimum atomic E-state index is -0.935. The zero-order chi connectivity index (χ0) is 36.9. The summed E-state index contributed by atoms with van der Waals surface area (Å²) >= 11 is 0. The first-order valence-corrected chi connectivity index (χ1v) is 14.9. The Morgan fingerprint density at radius 1 is 0.542 bits per heavy atom. The molecule has 0 saturated carbocycles. The summed E-state index contributed by atoms with van der Waals surface area (Å²) < 4.78 is 26.8. The number of ether oxygens (including phenoxy) is 5. The van der Waals surface area contributed by atoms with Gasteiger partial charge in [-0.15, -0.1) is 0 Å². The lowest BCUT2D eigenvalue weighted by molar-refractivity contribution is -0.141. The molecule has 0 atom stereocenters. The van der Waals surface area contributed by atoms with E-state index in [1.54, 1.807) is 13.8 Å². The van der Waals surface area contributed by atoms with Crippen molar-refractivity contribution in [1.82, 2.24) is 0 Å². The van der Waals surface area contributed by atoms with Crippen LogP contribution in [0.4, 0.5) is 0 Å². The van der Waals surface area contributed by atoms with Gasteiger partial charge in [0.1, 0.15) is 37.9 Å². The van der Waals surface area contributed by atoms with E-state index in [1.807, 2.05) is 48.5 Å². The molecule has 0 aliphatic carbocycles. The summed E-state index contributed by atoms with van der Waals surface area (Å²) in [6, 6.07) is 15.9. The molecule has 0 amide bonds. The number of benzene rings is 2. The second kappa shape index (κ2) is 22.4. The van der Waals surface area contributed by atoms with Gasteiger partial charge in [-0.2, -0.15) is 0 Å². The molecule has 0 saturated heterocycles. The Bertz CT molecular complexity index is 1350. The third kappa shape index (κ3) is 18.1. The van der Waals surface area contributed by atoms with E-state index in [-0.39, 0.29) is 36.4 Å². The summed E-state index contributed by atoms with van der Waals surface area (Å²) in [6.07, 6.45) is 0. The van der Waals surface area contributed by atoms with Crippen molar-refractivity contribution in [3.63, 3.8) is 0 Å². The number of hydrogen-bond donors (Lipinski definition) is 2. The van der Waals surface area contributed by atoms with Crippen LogP contribution < -0.4 is 9.47 Å². The van der Waals surface area contributed by atoms with Crippen LogP contribution in [0.2, 0.25) is 0 Å². The summed E-state index contributed by atoms with van der Waals surface area (Å²) in [5, 5.41) is 15.8. The minimum absolute atomic E-state index is 0.171. The van der Waals surface area contributed by atoms with Crippen LogP contribution in [0.15, 0.2) is 97.1 Å². The van der Waals surface area contributed by atoms with Crippen LogP contribution in [0.3, 0.4) is 0 Å². The molecular weight excluding hydrogens is 620 g/mol. The number of hydrogen-bond acceptors (Lipinski definition) is 9. The number of esters is 2. The largest absolute Gasteiger partial charge is 0.491 e. The number of carbonyl (C=O) groups is 4. The lowest BCUT2D eigenvalue weighted by atomic mass is 9.78. The van der Waals surface area contributed by atoms with Gasteiger partial charge in [0.05, 0.1) is 13.2 Å². The molecule has 0 aliphatic heterocycles. The predicted molar refractivity (Wildman–Crippen MR) is 183 cm³/mol. The maximum absolute atomic E-state index is 11.4. The standard InChI is InChI=1S/C29H36O7.2C4H6O2/c1-21(2)27(30)35-18-16-32-15-17-33-25-11-7-23(8-12-25)29(5,6)24-9-13-26(14-10-24)34-19-20-36-28(31)22(3)4;2*1-3(2)4(5)6/h7-14H,1,3,15-20H2,2,4-6H3;2*1H2,2H3,(H,5,6). The van der Waals surface area contributed by atoms with E-state index in [4.69, 9.17) is 33.9 Å². The van der Waals surface area contributed by atoms with E-state index in [9.17, 15) is 19.2 Å². The molecule has 2 aromatic carbocycles. The van der Waals surface area contributed by atoms with Crippen LogP contribution in [0.1, 0.15) is 52.7 Å². The second-order valence-electron chi connectivity index (χ2n) is 11.0. The number of carboxylic acid groups (broad SMARTS) is 2. The maximum atomic E-state index is 11.4. The number of carboxylic acids is 2. The van der Waals surface area contributed by atoms with Crippen molar-refractivity contribution >= 4 is 23.9 Å². The van der Waals surface area contributed by atoms with Crippen molar-refractivity contribution in [2.45, 2.75) is 47.0 Å². The molecular formula is C37H48O11. The van der Waals surface area contributed by atoms with Gasteiger partial charge in [-0.25, -0.2) is 19.2 Å². The fraction of sp³-hybridized carbons (Fsp3) is 0.351. The molecule has 48 heavy (non-hydrogen) atoms. The molecule has 0 bridgehead atoms. The average molecular weight is 669 g/mol. The molecule has 0 aromatic heterocycles. The summed E-state index contributed by atoms with van der Waals surface area (Å²) in [7, 11) is 0. The Morgan fingerprint density at radius 2 is 0.833 bits per heavy atom. The second-order valence-corrected chi connectivity index (χ2v) is 11.0. The van der Waals surface area contributed by atoms with Gasteiger partial charge in [0, 0.05) is 27.7 Å². The molecule has 0 unspecified atom stereocenters. The highest BCUT2D eigenvalue weighted by atomic mass is 16.6. The smallest absolute Gasteiger partial charge is 0.333 e. The lowest BCUT2D eigenvalue weighted by Gasteiger charge is -2.26. The van der Waals surface area contributed by atoms with Gasteiger partial charge in [-0.05, 0) is 63.1 Å². The topological polar surface area (TPSA) is 155 Å². The first-order chi connectivity index (χ1) is 22.4. The third-order valence-corrected chi connectivity index (χ3v) is 6.12. The zero-order valence-corrected chi connectivity index (χ0v) is 28.8. The molecule has 0 aliphatic rings. The van der Waals surface area contributed by atoms with E-state index in [0.717, 1.165) is 16.9 Å². The van der Waals surface area contributed by atoms with Gasteiger partial charge in [0.15, 0.2) is 0 Å². The minimum Gasteiger partial charge on any atom is -0.491 e. The van der Waals surface area contributed by atoms with Gasteiger partial charge in [-0.3, -0.25) is 0 Å². The van der Waals surface area contributed by atoms with Crippen LogP contribution >= 0.6 is 0 Å². The van der Waals surface area contributed by atoms with Crippen molar-refractivity contribution in [3.05, 3.63) is 108 Å². The van der Waals surface area contributed by atoms with Crippen LogP contribution in [-0.4, -0.2) is 73.7 Å². The van der Waals surface area contributed by atoms with E-state index in [2.05, 4.69) is 40.2 Å². The normalized spacial score (nSPS) is 10.0. The molecule has 0 spiro atoms. The fourth-order valence-electron chi connectivity index (χ4n) is 3.16. The number of aliphatic carboxylic acids is 2. The molecule has 262 valence electrons. The number of rotatable bonds is 17. The van der Waals surface area contributed by atoms with Gasteiger partial charge >= 0.3 is 23.9 Å². The van der Waals surface area contributed by atoms with Crippen molar-refractivity contribution in [2.24, 2.45) is 0 Å². The average Bonchev–Trinajstić information content (AvgIpc) is 3.03. The Hall–Kier alpha value is -5.16. The predicted octanol–water partition coefficient (Wildman–Crippen LogP) is 6.32. The first-order valence-electron chi connectivity index (χ1n) is 14.9. The molecule has 11 nitrogen and oxygen atoms in total. The molecule has 0 radical (unpaired) electrons. The summed E-state index contributed by atoms with van der Waals surface area (Å²) in [6.45, 7) is 25.5. The van der Waals surface area contributed by atoms with Crippen LogP contribution in [0, 0.1) is 0 Å². The monoisotopic (exact) mass is 668 g/mol. The summed E-state index contributed by atoms with van der Waals surface area (Å²) in [4.78, 5) is 41.9. The highest BCUT2D eigenvalue weighted by Crippen LogP contribution is 2.33. The van der Waals surface area contributed by atoms with Crippen molar-refractivity contribution < 1.29 is 53.1 Å². The molecule has 0 fully saturated rings. The van der Waals surface area contributed by atoms with Gasteiger partial charge in [0.25, 0.3) is 0 Å². The van der Waals surface area contributed by atoms with Gasteiger partial charge in [0.2, 0.25) is 0 Å². The lowest BCUT2D eigenvalue weighted by Crippen LogP contribution is -2.19. The van der Waals surface area contributed by atoms with Gasteiger partial charge < -0.3 is 33.9 Å². The Labute approximate surface area is 283 Å². The molecule has 0 heterocycles. The van der Waals surface area contributed by atoms with Crippen LogP contribution in [0.5, 0.6) is 11.5 Å². The SMILES string of the molecule is C=C(C)C(=O)O.C=C(C)C(=O)O.C=C(C)C(=O)OCCOCCOc1ccc(C(C)(C)c2ccc(OCCOC(=O)C(=C)C)cc2)cc1. The van der Waals surface area contributed by atoms with Crippen molar-refractivity contribution in [3.8, 4) is 11.5 Å². The molecule has 2 aromatic rings. The zero-order valence-electron chi connectivity index (χ0n) is 28.8. The maximum Gasteiger partial charge on any atom is 0.333 e. The van der Waals surface area contributed by atoms with Crippen molar-refractivity contribution in [2.75, 3.05) is 39.6 Å². The summed E-state index contributed by atoms with van der Waals surface area (Å²) in [5.41, 5.74) is 3.14. The van der Waals surface area contributed by atoms with E-state index < -0.39 is 23.9 Å². The quantitative estimate of drug-likeness (QED) is 0.111. The van der Waals surface area contributed by atoms with E-state index in [0.29, 0.717) is 36.7 Å². The highest BCUT2D eigenvalue weighted by Gasteiger charge is 2.23. The van der Waals surface area contributed by atoms with Crippen LogP contribution in [-0.2, 0) is 38.8 Å². The van der Waals surface area contributed by atoms with E-state index in [1.165, 1.54) is 13.8 Å². The number of carbonyl (C=O) groups excluding carboxylic acids is 2. The fourth-order valence-corrected chi connectivity index (χ4v) is 3.16. The third-order valence-electron chi connectivity index (χ3n) is 6.12. The van der Waals surface area contributed by atoms with Crippen LogP contribution in [0.25, 0.3) is 0 Å². The Kier molecular flexibility index (Phi) is 20.0. The van der Waals surface area contributed by atoms with Gasteiger partial charge in [-0.1, -0.05) is 64.4 Å². The Morgan fingerprint density at radius 3 is 1.15 bits per heavy atom. The summed E-state index contributed by atoms with van der Waals surface area (Å²) in [5.74, 6) is -1.24.